The standard InChI is InChI=1S/C29H21N3/c1-30-26-22-16-8-10-18-24(22)31(20-12-4-2-5-13-20)28(26)29-27(30)23-17-9-11-19-25(23)32(29)21-14-6-3-7-15-21/h2-19H,1H3. The van der Waals surface area contributed by atoms with Crippen molar-refractivity contribution in [3.8, 4) is 11.4 Å². The van der Waals surface area contributed by atoms with Crippen molar-refractivity contribution in [1.82, 2.24) is 13.7 Å². The molecule has 0 aliphatic rings. The second kappa shape index (κ2) is 6.38. The number of hydrogen-bond acceptors (Lipinski definition) is 0. The van der Waals surface area contributed by atoms with E-state index in [0.717, 1.165) is 0 Å². The molecule has 4 aromatic carbocycles. The smallest absolute Gasteiger partial charge is 0.0972 e. The summed E-state index contributed by atoms with van der Waals surface area (Å²) in [5.74, 6) is 0. The number of aromatic nitrogens is 3. The van der Waals surface area contributed by atoms with Crippen LogP contribution < -0.4 is 0 Å². The maximum absolute atomic E-state index is 2.42. The summed E-state index contributed by atoms with van der Waals surface area (Å²) in [7, 11) is 2.20. The van der Waals surface area contributed by atoms with Crippen LogP contribution in [0.25, 0.3) is 55.2 Å². The van der Waals surface area contributed by atoms with Crippen LogP contribution in [0.1, 0.15) is 0 Å². The van der Waals surface area contributed by atoms with E-state index in [2.05, 4.69) is 130 Å². The quantitative estimate of drug-likeness (QED) is 0.285. The van der Waals surface area contributed by atoms with E-state index >= 15 is 0 Å². The molecule has 0 amide bonds. The Kier molecular flexibility index (Phi) is 3.48. The maximum Gasteiger partial charge on any atom is 0.0972 e. The lowest BCUT2D eigenvalue weighted by Crippen LogP contribution is -1.97. The molecule has 3 heteroatoms. The number of fused-ring (bicyclic) bond motifs is 7. The zero-order chi connectivity index (χ0) is 21.2. The first kappa shape index (κ1) is 17.4. The molecule has 7 rings (SSSR count). The van der Waals surface area contributed by atoms with Crippen molar-refractivity contribution < 1.29 is 0 Å². The van der Waals surface area contributed by atoms with Crippen molar-refractivity contribution in [2.45, 2.75) is 0 Å². The molecule has 0 radical (unpaired) electrons. The van der Waals surface area contributed by atoms with E-state index in [1.54, 1.807) is 0 Å². The number of hydrogen-bond donors (Lipinski definition) is 0. The van der Waals surface area contributed by atoms with Crippen LogP contribution in [0.15, 0.2) is 109 Å². The van der Waals surface area contributed by atoms with E-state index in [1.807, 2.05) is 0 Å². The van der Waals surface area contributed by atoms with Gasteiger partial charge in [0, 0.05) is 29.2 Å². The molecule has 0 aliphatic carbocycles. The van der Waals surface area contributed by atoms with Gasteiger partial charge in [0.15, 0.2) is 0 Å². The normalized spacial score (nSPS) is 11.9. The van der Waals surface area contributed by atoms with Crippen molar-refractivity contribution >= 4 is 43.9 Å². The molecule has 3 heterocycles. The summed E-state index contributed by atoms with van der Waals surface area (Å²) in [6, 6.07) is 38.9. The van der Waals surface area contributed by atoms with Gasteiger partial charge >= 0.3 is 0 Å². The average molecular weight is 412 g/mol. The molecule has 0 unspecified atom stereocenters. The minimum Gasteiger partial charge on any atom is -0.340 e. The molecular formula is C29H21N3. The monoisotopic (exact) mass is 411 g/mol. The molecule has 7 aromatic rings. The summed E-state index contributed by atoms with van der Waals surface area (Å²) in [5, 5.41) is 2.54. The number of para-hydroxylation sites is 4. The van der Waals surface area contributed by atoms with Gasteiger partial charge in [-0.15, -0.1) is 0 Å². The van der Waals surface area contributed by atoms with E-state index in [1.165, 1.54) is 55.2 Å². The van der Waals surface area contributed by atoms with Gasteiger partial charge in [-0.25, -0.2) is 0 Å². The van der Waals surface area contributed by atoms with Crippen LogP contribution >= 0.6 is 0 Å². The van der Waals surface area contributed by atoms with E-state index in [-0.39, 0.29) is 0 Å². The molecule has 3 aromatic heterocycles. The van der Waals surface area contributed by atoms with Crippen LogP contribution in [0, 0.1) is 0 Å². The summed E-state index contributed by atoms with van der Waals surface area (Å²) in [6.07, 6.45) is 0. The van der Waals surface area contributed by atoms with Gasteiger partial charge in [0.2, 0.25) is 0 Å². The molecule has 3 nitrogen and oxygen atoms in total. The zero-order valence-electron chi connectivity index (χ0n) is 17.7. The van der Waals surface area contributed by atoms with Crippen LogP contribution in [0.3, 0.4) is 0 Å². The predicted octanol–water partition coefficient (Wildman–Crippen LogP) is 7.22. The fraction of sp³-hybridized carbons (Fsp3) is 0.0345. The lowest BCUT2D eigenvalue weighted by molar-refractivity contribution is 1.02. The first-order valence-corrected chi connectivity index (χ1v) is 11.0. The lowest BCUT2D eigenvalue weighted by Gasteiger charge is -2.10. The number of rotatable bonds is 2. The third-order valence-electron chi connectivity index (χ3n) is 6.62. The Morgan fingerprint density at radius 2 is 0.781 bits per heavy atom. The maximum atomic E-state index is 2.42. The summed E-state index contributed by atoms with van der Waals surface area (Å²) >= 11 is 0. The van der Waals surface area contributed by atoms with Crippen LogP contribution in [-0.4, -0.2) is 13.7 Å². The molecule has 152 valence electrons. The molecule has 0 atom stereocenters. The lowest BCUT2D eigenvalue weighted by atomic mass is 10.2. The van der Waals surface area contributed by atoms with E-state index < -0.39 is 0 Å². The number of nitrogens with zero attached hydrogens (tertiary/aromatic N) is 3. The molecule has 0 spiro atoms. The predicted molar refractivity (Wildman–Crippen MR) is 134 cm³/mol. The molecule has 0 fully saturated rings. The van der Waals surface area contributed by atoms with Gasteiger partial charge in [-0.1, -0.05) is 72.8 Å². The fourth-order valence-corrected chi connectivity index (χ4v) is 5.36. The second-order valence-electron chi connectivity index (χ2n) is 8.33. The van der Waals surface area contributed by atoms with Gasteiger partial charge in [0.1, 0.15) is 0 Å². The van der Waals surface area contributed by atoms with Gasteiger partial charge in [0.05, 0.1) is 33.1 Å². The molecular weight excluding hydrogens is 390 g/mol. The van der Waals surface area contributed by atoms with E-state index in [9.17, 15) is 0 Å². The minimum absolute atomic E-state index is 1.18. The van der Waals surface area contributed by atoms with Crippen molar-refractivity contribution in [2.75, 3.05) is 0 Å². The molecule has 0 aliphatic heterocycles. The van der Waals surface area contributed by atoms with Gasteiger partial charge in [-0.05, 0) is 36.4 Å². The Balaban J connectivity index is 1.82. The Bertz CT molecular complexity index is 1630. The summed E-state index contributed by atoms with van der Waals surface area (Å²) in [4.78, 5) is 0. The number of benzene rings is 4. The average Bonchev–Trinajstić information content (AvgIpc) is 3.47. The van der Waals surface area contributed by atoms with E-state index in [4.69, 9.17) is 0 Å². The van der Waals surface area contributed by atoms with Crippen molar-refractivity contribution in [1.29, 1.82) is 0 Å². The largest absolute Gasteiger partial charge is 0.340 e. The van der Waals surface area contributed by atoms with Crippen LogP contribution in [0.4, 0.5) is 0 Å². The van der Waals surface area contributed by atoms with Crippen LogP contribution in [-0.2, 0) is 7.05 Å². The third kappa shape index (κ3) is 2.15. The Morgan fingerprint density at radius 1 is 0.406 bits per heavy atom. The molecule has 0 saturated carbocycles. The van der Waals surface area contributed by atoms with Gasteiger partial charge in [-0.3, -0.25) is 0 Å². The Hall–Kier alpha value is -4.24. The SMILES string of the molecule is Cn1c2c3ccccc3n(-c3ccccc3)c2c2c1c1ccccc1n2-c1ccccc1. The highest BCUT2D eigenvalue weighted by atomic mass is 15.1. The van der Waals surface area contributed by atoms with Gasteiger partial charge in [-0.2, -0.15) is 0 Å². The summed E-state index contributed by atoms with van der Waals surface area (Å²) in [6.45, 7) is 0. The third-order valence-corrected chi connectivity index (χ3v) is 6.62. The molecule has 32 heavy (non-hydrogen) atoms. The van der Waals surface area contributed by atoms with Gasteiger partial charge < -0.3 is 13.7 Å². The first-order valence-electron chi connectivity index (χ1n) is 11.0. The minimum atomic E-state index is 1.18. The Labute approximate surface area is 185 Å². The fourth-order valence-electron chi connectivity index (χ4n) is 5.36. The highest BCUT2D eigenvalue weighted by molar-refractivity contribution is 6.24. The molecule has 0 saturated heterocycles. The molecule has 0 N–H and O–H groups in total. The topological polar surface area (TPSA) is 14.8 Å². The number of aryl methyl sites for hydroxylation is 1. The Morgan fingerprint density at radius 3 is 1.22 bits per heavy atom. The highest BCUT2D eigenvalue weighted by Crippen LogP contribution is 2.43. The second-order valence-corrected chi connectivity index (χ2v) is 8.33. The first-order chi connectivity index (χ1) is 15.8. The van der Waals surface area contributed by atoms with Crippen molar-refractivity contribution in [3.05, 3.63) is 109 Å². The van der Waals surface area contributed by atoms with E-state index in [0.29, 0.717) is 0 Å². The zero-order valence-corrected chi connectivity index (χ0v) is 17.7. The summed E-state index contributed by atoms with van der Waals surface area (Å²) in [5.41, 5.74) is 9.84. The van der Waals surface area contributed by atoms with Crippen molar-refractivity contribution in [3.63, 3.8) is 0 Å². The molecule has 0 bridgehead atoms. The highest BCUT2D eigenvalue weighted by Gasteiger charge is 2.25. The van der Waals surface area contributed by atoms with Crippen LogP contribution in [0.2, 0.25) is 0 Å². The van der Waals surface area contributed by atoms with Gasteiger partial charge in [0.25, 0.3) is 0 Å². The van der Waals surface area contributed by atoms with Crippen LogP contribution in [0.5, 0.6) is 0 Å². The summed E-state index contributed by atoms with van der Waals surface area (Å²) < 4.78 is 7.23. The van der Waals surface area contributed by atoms with Crippen molar-refractivity contribution in [2.24, 2.45) is 7.05 Å².